The molecule has 104 valence electrons. The molecule has 0 bridgehead atoms. The molecule has 0 N–H and O–H groups in total. The fraction of sp³-hybridized carbons (Fsp3) is 0.400. The summed E-state index contributed by atoms with van der Waals surface area (Å²) in [5.74, 6) is -0.808. The normalized spacial score (nSPS) is 10.9. The Hall–Kier alpha value is -1.81. The number of ether oxygens (including phenoxy) is 3. The maximum Gasteiger partial charge on any atom is 0.346 e. The van der Waals surface area contributed by atoms with Crippen LogP contribution in [0.4, 0.5) is 0 Å². The van der Waals surface area contributed by atoms with Gasteiger partial charge in [0.1, 0.15) is 5.75 Å². The summed E-state index contributed by atoms with van der Waals surface area (Å²) in [4.78, 5) is 11.5. The molecule has 0 spiro atoms. The van der Waals surface area contributed by atoms with Gasteiger partial charge in [0.25, 0.3) is 0 Å². The summed E-state index contributed by atoms with van der Waals surface area (Å²) >= 11 is 0. The quantitative estimate of drug-likeness (QED) is 0.585. The first-order valence-electron chi connectivity index (χ1n) is 6.00. The number of benzene rings is 1. The van der Waals surface area contributed by atoms with E-state index in [1.807, 2.05) is 19.1 Å². The molecule has 0 saturated heterocycles. The second-order valence-corrected chi connectivity index (χ2v) is 4.67. The minimum atomic E-state index is -0.940. The van der Waals surface area contributed by atoms with Crippen LogP contribution in [-0.2, 0) is 14.3 Å². The van der Waals surface area contributed by atoms with Crippen LogP contribution in [-0.4, -0.2) is 25.5 Å². The Balaban J connectivity index is 2.48. The number of carbonyl (C=O) groups excluding carboxylic acids is 1. The number of hydrogen-bond acceptors (Lipinski definition) is 4. The number of carbonyl (C=O) groups is 1. The van der Waals surface area contributed by atoms with Crippen molar-refractivity contribution in [3.05, 3.63) is 36.4 Å². The van der Waals surface area contributed by atoms with Crippen molar-refractivity contribution in [3.63, 3.8) is 0 Å². The summed E-state index contributed by atoms with van der Waals surface area (Å²) in [6.07, 6.45) is 0. The molecule has 0 aliphatic rings. The van der Waals surface area contributed by atoms with E-state index < -0.39 is 11.8 Å². The fourth-order valence-electron chi connectivity index (χ4n) is 1.32. The van der Waals surface area contributed by atoms with Crippen LogP contribution in [0.15, 0.2) is 30.8 Å². The summed E-state index contributed by atoms with van der Waals surface area (Å²) in [6, 6.07) is 7.36. The van der Waals surface area contributed by atoms with Gasteiger partial charge < -0.3 is 14.2 Å². The molecular formula is C15H20O4. The summed E-state index contributed by atoms with van der Waals surface area (Å²) in [7, 11) is 1.48. The first kappa shape index (κ1) is 15.2. The van der Waals surface area contributed by atoms with E-state index in [0.29, 0.717) is 5.75 Å². The van der Waals surface area contributed by atoms with E-state index >= 15 is 0 Å². The van der Waals surface area contributed by atoms with Gasteiger partial charge in [-0.1, -0.05) is 24.3 Å². The Morgan fingerprint density at radius 3 is 2.32 bits per heavy atom. The molecular weight excluding hydrogens is 244 g/mol. The van der Waals surface area contributed by atoms with Gasteiger partial charge in [-0.15, -0.1) is 0 Å². The van der Waals surface area contributed by atoms with Crippen LogP contribution < -0.4 is 4.74 Å². The maximum absolute atomic E-state index is 11.5. The molecule has 0 aromatic heterocycles. The number of allylic oxidation sites excluding steroid dienone is 1. The molecule has 0 radical (unpaired) electrons. The predicted molar refractivity (Wildman–Crippen MR) is 73.8 cm³/mol. The highest BCUT2D eigenvalue weighted by Crippen LogP contribution is 2.17. The lowest BCUT2D eigenvalue weighted by Crippen LogP contribution is -2.32. The van der Waals surface area contributed by atoms with E-state index in [1.54, 1.807) is 26.0 Å². The van der Waals surface area contributed by atoms with Crippen molar-refractivity contribution in [2.75, 3.05) is 13.7 Å². The molecule has 1 aromatic rings. The van der Waals surface area contributed by atoms with E-state index in [1.165, 1.54) is 7.11 Å². The van der Waals surface area contributed by atoms with Gasteiger partial charge in [0.05, 0.1) is 0 Å². The third-order valence-corrected chi connectivity index (χ3v) is 2.56. The summed E-state index contributed by atoms with van der Waals surface area (Å²) in [5, 5.41) is 0. The number of methoxy groups -OCH3 is 1. The summed E-state index contributed by atoms with van der Waals surface area (Å²) < 4.78 is 15.4. The summed E-state index contributed by atoms with van der Waals surface area (Å²) in [5.41, 5.74) is 2.02. The minimum absolute atomic E-state index is 0.154. The Bertz CT molecular complexity index is 446. The van der Waals surface area contributed by atoms with Gasteiger partial charge in [-0.25, -0.2) is 4.79 Å². The molecule has 0 aliphatic heterocycles. The van der Waals surface area contributed by atoms with Gasteiger partial charge in [0.15, 0.2) is 6.61 Å². The van der Waals surface area contributed by atoms with Gasteiger partial charge in [0, 0.05) is 21.0 Å². The molecule has 0 amide bonds. The van der Waals surface area contributed by atoms with E-state index in [0.717, 1.165) is 11.1 Å². The molecule has 1 rings (SSSR count). The molecule has 0 unspecified atom stereocenters. The van der Waals surface area contributed by atoms with Crippen molar-refractivity contribution in [2.45, 2.75) is 26.6 Å². The van der Waals surface area contributed by atoms with E-state index in [2.05, 4.69) is 6.58 Å². The Kier molecular flexibility index (Phi) is 5.12. The van der Waals surface area contributed by atoms with Gasteiger partial charge in [-0.05, 0) is 24.6 Å². The standard InChI is InChI=1S/C15H20O4/c1-11(2)12-6-8-13(9-7-12)18-10-14(16)19-15(3,4)17-5/h6-9H,1,10H2,2-5H3. The lowest BCUT2D eigenvalue weighted by molar-refractivity contribution is -0.207. The van der Waals surface area contributed by atoms with Crippen molar-refractivity contribution < 1.29 is 19.0 Å². The molecule has 0 saturated carbocycles. The van der Waals surface area contributed by atoms with Crippen molar-refractivity contribution in [3.8, 4) is 5.75 Å². The third-order valence-electron chi connectivity index (χ3n) is 2.56. The first-order chi connectivity index (χ1) is 8.84. The second kappa shape index (κ2) is 6.38. The zero-order chi connectivity index (χ0) is 14.5. The van der Waals surface area contributed by atoms with Crippen LogP contribution in [0.1, 0.15) is 26.3 Å². The molecule has 1 aromatic carbocycles. The topological polar surface area (TPSA) is 44.8 Å². The highest BCUT2D eigenvalue weighted by atomic mass is 16.7. The van der Waals surface area contributed by atoms with E-state index in [4.69, 9.17) is 14.2 Å². The largest absolute Gasteiger partial charge is 0.482 e. The van der Waals surface area contributed by atoms with E-state index in [9.17, 15) is 4.79 Å². The van der Waals surface area contributed by atoms with Crippen LogP contribution in [0.2, 0.25) is 0 Å². The number of hydrogen-bond donors (Lipinski definition) is 0. The van der Waals surface area contributed by atoms with Crippen LogP contribution in [0.25, 0.3) is 5.57 Å². The Morgan fingerprint density at radius 1 is 1.26 bits per heavy atom. The molecule has 0 atom stereocenters. The maximum atomic E-state index is 11.5. The van der Waals surface area contributed by atoms with Crippen molar-refractivity contribution in [1.82, 2.24) is 0 Å². The van der Waals surface area contributed by atoms with E-state index in [-0.39, 0.29) is 6.61 Å². The van der Waals surface area contributed by atoms with Crippen LogP contribution in [0.3, 0.4) is 0 Å². The predicted octanol–water partition coefficient (Wildman–Crippen LogP) is 3.02. The third kappa shape index (κ3) is 5.14. The minimum Gasteiger partial charge on any atom is -0.482 e. The molecule has 0 aliphatic carbocycles. The highest BCUT2D eigenvalue weighted by Gasteiger charge is 2.21. The molecule has 4 nitrogen and oxygen atoms in total. The van der Waals surface area contributed by atoms with Gasteiger partial charge in [-0.2, -0.15) is 0 Å². The Labute approximate surface area is 114 Å². The van der Waals surface area contributed by atoms with Crippen molar-refractivity contribution >= 4 is 11.5 Å². The SMILES string of the molecule is C=C(C)c1ccc(OCC(=O)OC(C)(C)OC)cc1. The van der Waals surface area contributed by atoms with Crippen molar-refractivity contribution in [2.24, 2.45) is 0 Å². The number of esters is 1. The number of rotatable bonds is 6. The molecule has 4 heteroatoms. The molecule has 0 heterocycles. The Morgan fingerprint density at radius 2 is 1.84 bits per heavy atom. The molecule has 19 heavy (non-hydrogen) atoms. The first-order valence-corrected chi connectivity index (χ1v) is 6.00. The average Bonchev–Trinajstić information content (AvgIpc) is 2.36. The van der Waals surface area contributed by atoms with Gasteiger partial charge in [-0.3, -0.25) is 0 Å². The van der Waals surface area contributed by atoms with Gasteiger partial charge in [0.2, 0.25) is 5.79 Å². The lowest BCUT2D eigenvalue weighted by Gasteiger charge is -2.22. The van der Waals surface area contributed by atoms with Crippen molar-refractivity contribution in [1.29, 1.82) is 0 Å². The molecule has 0 fully saturated rings. The van der Waals surface area contributed by atoms with Gasteiger partial charge >= 0.3 is 5.97 Å². The fourth-order valence-corrected chi connectivity index (χ4v) is 1.32. The summed E-state index contributed by atoms with van der Waals surface area (Å²) in [6.45, 7) is 8.95. The van der Waals surface area contributed by atoms with Crippen LogP contribution >= 0.6 is 0 Å². The monoisotopic (exact) mass is 264 g/mol. The zero-order valence-corrected chi connectivity index (χ0v) is 11.9. The average molecular weight is 264 g/mol. The second-order valence-electron chi connectivity index (χ2n) is 4.67. The highest BCUT2D eigenvalue weighted by molar-refractivity contribution is 5.71. The lowest BCUT2D eigenvalue weighted by atomic mass is 10.1. The van der Waals surface area contributed by atoms with Crippen LogP contribution in [0.5, 0.6) is 5.75 Å². The smallest absolute Gasteiger partial charge is 0.346 e. The zero-order valence-electron chi connectivity index (χ0n) is 11.9. The van der Waals surface area contributed by atoms with Crippen LogP contribution in [0, 0.1) is 0 Å².